The number of ether oxygens (including phenoxy) is 2. The second kappa shape index (κ2) is 7.40. The van der Waals surface area contributed by atoms with Crippen LogP contribution in [-0.4, -0.2) is 60.9 Å². The summed E-state index contributed by atoms with van der Waals surface area (Å²) in [4.78, 5) is 2.24. The number of nitrogen functional groups attached to an aromatic ring is 1. The molecule has 0 spiro atoms. The molecule has 6 heteroatoms. The summed E-state index contributed by atoms with van der Waals surface area (Å²) in [5.74, 6) is 0.818. The van der Waals surface area contributed by atoms with Crippen LogP contribution in [0.15, 0.2) is 24.3 Å². The third kappa shape index (κ3) is 4.70. The summed E-state index contributed by atoms with van der Waals surface area (Å²) in [5, 5.41) is 16.5. The summed E-state index contributed by atoms with van der Waals surface area (Å²) in [6, 6.07) is 7.18. The number of aliphatic hydroxyl groups is 1. The molecule has 2 unspecified atom stereocenters. The number of morpholine rings is 1. The van der Waals surface area contributed by atoms with Crippen molar-refractivity contribution in [3.05, 3.63) is 29.8 Å². The maximum absolute atomic E-state index is 9.19. The predicted octanol–water partition coefficient (Wildman–Crippen LogP) is 0.431. The van der Waals surface area contributed by atoms with Gasteiger partial charge in [-0.15, -0.1) is 0 Å². The van der Waals surface area contributed by atoms with Crippen molar-refractivity contribution in [1.82, 2.24) is 4.90 Å². The lowest BCUT2D eigenvalue weighted by Crippen LogP contribution is -2.49. The van der Waals surface area contributed by atoms with Crippen LogP contribution in [0, 0.1) is 5.41 Å². The highest BCUT2D eigenvalue weighted by Gasteiger charge is 2.24. The fourth-order valence-corrected chi connectivity index (χ4v) is 2.45. The van der Waals surface area contributed by atoms with Crippen molar-refractivity contribution in [3.63, 3.8) is 0 Å². The summed E-state index contributed by atoms with van der Waals surface area (Å²) >= 11 is 0. The van der Waals surface area contributed by atoms with E-state index < -0.39 is 0 Å². The Bertz CT molecular complexity index is 464. The van der Waals surface area contributed by atoms with E-state index >= 15 is 0 Å². The molecule has 2 atom stereocenters. The van der Waals surface area contributed by atoms with E-state index in [1.165, 1.54) is 0 Å². The first-order valence-corrected chi connectivity index (χ1v) is 7.14. The van der Waals surface area contributed by atoms with E-state index in [4.69, 9.17) is 20.6 Å². The molecule has 0 bridgehead atoms. The van der Waals surface area contributed by atoms with Crippen molar-refractivity contribution in [1.29, 1.82) is 5.41 Å². The van der Waals surface area contributed by atoms with Crippen LogP contribution in [-0.2, 0) is 4.74 Å². The first-order chi connectivity index (χ1) is 10.1. The van der Waals surface area contributed by atoms with Gasteiger partial charge < -0.3 is 20.3 Å². The predicted molar refractivity (Wildman–Crippen MR) is 80.8 cm³/mol. The van der Waals surface area contributed by atoms with Crippen molar-refractivity contribution < 1.29 is 14.6 Å². The molecule has 1 aliphatic heterocycles. The SMILES string of the molecule is CC1CN(CCOc2ccc(C(=N)N)cc2)CC(CO)O1. The van der Waals surface area contributed by atoms with E-state index in [1.807, 2.05) is 19.1 Å². The zero-order chi connectivity index (χ0) is 15.2. The van der Waals surface area contributed by atoms with Crippen molar-refractivity contribution in [3.8, 4) is 5.75 Å². The first kappa shape index (κ1) is 15.8. The van der Waals surface area contributed by atoms with Crippen LogP contribution in [0.4, 0.5) is 0 Å². The largest absolute Gasteiger partial charge is 0.492 e. The second-order valence-electron chi connectivity index (χ2n) is 5.30. The van der Waals surface area contributed by atoms with Gasteiger partial charge in [-0.25, -0.2) is 0 Å². The van der Waals surface area contributed by atoms with Gasteiger partial charge in [0, 0.05) is 25.2 Å². The Balaban J connectivity index is 1.77. The molecule has 1 saturated heterocycles. The molecule has 0 amide bonds. The number of hydrogen-bond acceptors (Lipinski definition) is 5. The van der Waals surface area contributed by atoms with E-state index in [0.717, 1.165) is 25.4 Å². The van der Waals surface area contributed by atoms with Gasteiger partial charge in [0.15, 0.2) is 0 Å². The molecule has 0 aliphatic carbocycles. The Morgan fingerprint density at radius 2 is 2.14 bits per heavy atom. The van der Waals surface area contributed by atoms with Crippen LogP contribution in [0.25, 0.3) is 0 Å². The molecule has 0 aromatic heterocycles. The highest BCUT2D eigenvalue weighted by Crippen LogP contribution is 2.13. The lowest BCUT2D eigenvalue weighted by atomic mass is 10.2. The fraction of sp³-hybridized carbons (Fsp3) is 0.533. The Morgan fingerprint density at radius 1 is 1.43 bits per heavy atom. The number of hydrogen-bond donors (Lipinski definition) is 3. The van der Waals surface area contributed by atoms with Crippen LogP contribution in [0.3, 0.4) is 0 Å². The minimum Gasteiger partial charge on any atom is -0.492 e. The molecule has 1 aromatic carbocycles. The molecule has 0 saturated carbocycles. The van der Waals surface area contributed by atoms with E-state index in [0.29, 0.717) is 12.2 Å². The van der Waals surface area contributed by atoms with Gasteiger partial charge in [-0.2, -0.15) is 0 Å². The van der Waals surface area contributed by atoms with Gasteiger partial charge in [0.1, 0.15) is 18.2 Å². The Kier molecular flexibility index (Phi) is 5.55. The number of rotatable bonds is 6. The summed E-state index contributed by atoms with van der Waals surface area (Å²) in [5.41, 5.74) is 6.09. The monoisotopic (exact) mass is 293 g/mol. The van der Waals surface area contributed by atoms with Crippen LogP contribution < -0.4 is 10.5 Å². The molecule has 1 aliphatic rings. The third-order valence-corrected chi connectivity index (χ3v) is 3.45. The van der Waals surface area contributed by atoms with Crippen molar-refractivity contribution >= 4 is 5.84 Å². The van der Waals surface area contributed by atoms with Gasteiger partial charge in [-0.05, 0) is 31.2 Å². The maximum Gasteiger partial charge on any atom is 0.122 e. The van der Waals surface area contributed by atoms with E-state index in [9.17, 15) is 5.11 Å². The van der Waals surface area contributed by atoms with E-state index in [2.05, 4.69) is 4.90 Å². The zero-order valence-electron chi connectivity index (χ0n) is 12.3. The molecular weight excluding hydrogens is 270 g/mol. The minimum absolute atomic E-state index is 0.0498. The van der Waals surface area contributed by atoms with Gasteiger partial charge in [-0.3, -0.25) is 10.3 Å². The van der Waals surface area contributed by atoms with Crippen molar-refractivity contribution in [2.24, 2.45) is 5.73 Å². The summed E-state index contributed by atoms with van der Waals surface area (Å²) in [6.45, 7) is 5.00. The molecule has 116 valence electrons. The highest BCUT2D eigenvalue weighted by molar-refractivity contribution is 5.94. The van der Waals surface area contributed by atoms with E-state index in [-0.39, 0.29) is 24.7 Å². The Morgan fingerprint density at radius 3 is 2.76 bits per heavy atom. The quantitative estimate of drug-likeness (QED) is 0.522. The van der Waals surface area contributed by atoms with Gasteiger partial charge >= 0.3 is 0 Å². The molecule has 4 N–H and O–H groups in total. The average molecular weight is 293 g/mol. The first-order valence-electron chi connectivity index (χ1n) is 7.14. The minimum atomic E-state index is -0.108. The molecule has 6 nitrogen and oxygen atoms in total. The van der Waals surface area contributed by atoms with Crippen LogP contribution in [0.1, 0.15) is 12.5 Å². The van der Waals surface area contributed by atoms with Gasteiger partial charge in [0.2, 0.25) is 0 Å². The Hall–Kier alpha value is -1.63. The number of nitrogens with one attached hydrogen (secondary N) is 1. The number of nitrogens with two attached hydrogens (primary N) is 1. The standard InChI is InChI=1S/C15H23N3O3/c1-11-8-18(9-14(10-19)21-11)6-7-20-13-4-2-12(3-5-13)15(16)17/h2-5,11,14,19H,6-10H2,1H3,(H3,16,17). The summed E-state index contributed by atoms with van der Waals surface area (Å²) < 4.78 is 11.3. The molecule has 1 aromatic rings. The molecular formula is C15H23N3O3. The lowest BCUT2D eigenvalue weighted by molar-refractivity contribution is -0.0965. The summed E-state index contributed by atoms with van der Waals surface area (Å²) in [7, 11) is 0. The number of aliphatic hydroxyl groups excluding tert-OH is 1. The lowest BCUT2D eigenvalue weighted by Gasteiger charge is -2.35. The molecule has 1 fully saturated rings. The van der Waals surface area contributed by atoms with Gasteiger partial charge in [0.25, 0.3) is 0 Å². The second-order valence-corrected chi connectivity index (χ2v) is 5.30. The topological polar surface area (TPSA) is 91.8 Å². The van der Waals surface area contributed by atoms with Crippen molar-refractivity contribution in [2.75, 3.05) is 32.8 Å². The smallest absolute Gasteiger partial charge is 0.122 e. The molecule has 0 radical (unpaired) electrons. The van der Waals surface area contributed by atoms with Crippen LogP contribution in [0.5, 0.6) is 5.75 Å². The number of nitrogens with zero attached hydrogens (tertiary/aromatic N) is 1. The molecule has 2 rings (SSSR count). The number of amidine groups is 1. The molecule has 1 heterocycles. The van der Waals surface area contributed by atoms with Crippen LogP contribution in [0.2, 0.25) is 0 Å². The summed E-state index contributed by atoms with van der Waals surface area (Å²) in [6.07, 6.45) is 0.0225. The average Bonchev–Trinajstić information content (AvgIpc) is 2.47. The van der Waals surface area contributed by atoms with Gasteiger partial charge in [0.05, 0.1) is 18.8 Å². The molecule has 21 heavy (non-hydrogen) atoms. The zero-order valence-corrected chi connectivity index (χ0v) is 12.3. The third-order valence-electron chi connectivity index (χ3n) is 3.45. The van der Waals surface area contributed by atoms with Gasteiger partial charge in [-0.1, -0.05) is 0 Å². The Labute approximate surface area is 125 Å². The van der Waals surface area contributed by atoms with E-state index in [1.54, 1.807) is 12.1 Å². The highest BCUT2D eigenvalue weighted by atomic mass is 16.5. The van der Waals surface area contributed by atoms with Crippen LogP contribution >= 0.6 is 0 Å². The normalized spacial score (nSPS) is 23.0. The fourth-order valence-electron chi connectivity index (χ4n) is 2.45. The number of benzene rings is 1. The van der Waals surface area contributed by atoms with Crippen molar-refractivity contribution in [2.45, 2.75) is 19.1 Å². The maximum atomic E-state index is 9.19.